The van der Waals surface area contributed by atoms with E-state index in [1.807, 2.05) is 31.2 Å². The molecule has 92 valence electrons. The molecule has 0 aromatic heterocycles. The lowest BCUT2D eigenvalue weighted by molar-refractivity contribution is -0.122. The van der Waals surface area contributed by atoms with Crippen LogP contribution in [0.3, 0.4) is 0 Å². The maximum atomic E-state index is 11.8. The Bertz CT molecular complexity index is 383. The highest BCUT2D eigenvalue weighted by Gasteiger charge is 2.31. The second kappa shape index (κ2) is 5.19. The van der Waals surface area contributed by atoms with Crippen molar-refractivity contribution in [2.45, 2.75) is 25.8 Å². The average Bonchev–Trinajstić information content (AvgIpc) is 2.28. The molecule has 3 N–H and O–H groups in total. The number of ether oxygens (including phenoxy) is 1. The summed E-state index contributed by atoms with van der Waals surface area (Å²) in [5, 5.41) is 2.88. The fourth-order valence-corrected chi connectivity index (χ4v) is 1.92. The van der Waals surface area contributed by atoms with E-state index in [1.54, 1.807) is 0 Å². The summed E-state index contributed by atoms with van der Waals surface area (Å²) in [5.74, 6) is 0.962. The van der Waals surface area contributed by atoms with Gasteiger partial charge in [-0.05, 0) is 44.0 Å². The first kappa shape index (κ1) is 11.9. The van der Waals surface area contributed by atoms with E-state index in [9.17, 15) is 4.79 Å². The van der Waals surface area contributed by atoms with Gasteiger partial charge < -0.3 is 15.8 Å². The molecule has 0 aliphatic heterocycles. The Morgan fingerprint density at radius 2 is 2.06 bits per heavy atom. The second-order valence-electron chi connectivity index (χ2n) is 4.38. The number of amides is 1. The number of benzene rings is 1. The van der Waals surface area contributed by atoms with Crippen molar-refractivity contribution in [1.82, 2.24) is 0 Å². The fourth-order valence-electron chi connectivity index (χ4n) is 1.92. The Hall–Kier alpha value is -1.55. The molecule has 0 atom stereocenters. The fraction of sp³-hybridized carbons (Fsp3) is 0.462. The molecule has 1 fully saturated rings. The first-order chi connectivity index (χ1) is 8.19. The maximum absolute atomic E-state index is 11.8. The lowest BCUT2D eigenvalue weighted by atomic mass is 9.80. The maximum Gasteiger partial charge on any atom is 0.227 e. The van der Waals surface area contributed by atoms with E-state index in [0.29, 0.717) is 6.61 Å². The SMILES string of the molecule is CCOc1ccc(NC(=O)C2CC(N)C2)cc1. The summed E-state index contributed by atoms with van der Waals surface area (Å²) in [6.07, 6.45) is 1.59. The highest BCUT2D eigenvalue weighted by molar-refractivity contribution is 5.93. The first-order valence-electron chi connectivity index (χ1n) is 5.98. The number of nitrogens with two attached hydrogens (primary N) is 1. The molecule has 0 bridgehead atoms. The number of carbonyl (C=O) groups excluding carboxylic acids is 1. The van der Waals surface area contributed by atoms with Crippen molar-refractivity contribution in [3.05, 3.63) is 24.3 Å². The lowest BCUT2D eigenvalue weighted by Crippen LogP contribution is -2.42. The predicted molar refractivity (Wildman–Crippen MR) is 66.9 cm³/mol. The van der Waals surface area contributed by atoms with Crippen LogP contribution in [0.25, 0.3) is 0 Å². The van der Waals surface area contributed by atoms with Crippen LogP contribution in [-0.2, 0) is 4.79 Å². The van der Waals surface area contributed by atoms with Crippen LogP contribution in [0.15, 0.2) is 24.3 Å². The van der Waals surface area contributed by atoms with Crippen LogP contribution in [0.4, 0.5) is 5.69 Å². The van der Waals surface area contributed by atoms with Gasteiger partial charge >= 0.3 is 0 Å². The van der Waals surface area contributed by atoms with E-state index >= 15 is 0 Å². The molecule has 0 unspecified atom stereocenters. The summed E-state index contributed by atoms with van der Waals surface area (Å²) < 4.78 is 5.33. The van der Waals surface area contributed by atoms with Crippen molar-refractivity contribution in [2.24, 2.45) is 11.7 Å². The van der Waals surface area contributed by atoms with Crippen LogP contribution in [0, 0.1) is 5.92 Å². The van der Waals surface area contributed by atoms with Crippen LogP contribution in [-0.4, -0.2) is 18.6 Å². The van der Waals surface area contributed by atoms with Crippen molar-refractivity contribution in [3.8, 4) is 5.75 Å². The topological polar surface area (TPSA) is 64.3 Å². The van der Waals surface area contributed by atoms with Crippen molar-refractivity contribution >= 4 is 11.6 Å². The van der Waals surface area contributed by atoms with Crippen LogP contribution in [0.5, 0.6) is 5.75 Å². The van der Waals surface area contributed by atoms with Crippen LogP contribution in [0.1, 0.15) is 19.8 Å². The van der Waals surface area contributed by atoms with E-state index in [-0.39, 0.29) is 17.9 Å². The van der Waals surface area contributed by atoms with Gasteiger partial charge in [-0.15, -0.1) is 0 Å². The largest absolute Gasteiger partial charge is 0.494 e. The Morgan fingerprint density at radius 3 is 2.59 bits per heavy atom. The Balaban J connectivity index is 1.88. The Morgan fingerprint density at radius 1 is 1.41 bits per heavy atom. The number of nitrogens with one attached hydrogen (secondary N) is 1. The molecule has 0 saturated heterocycles. The van der Waals surface area contributed by atoms with Gasteiger partial charge in [0, 0.05) is 17.6 Å². The summed E-state index contributed by atoms with van der Waals surface area (Å²) >= 11 is 0. The van der Waals surface area contributed by atoms with Gasteiger partial charge in [-0.25, -0.2) is 0 Å². The third-order valence-electron chi connectivity index (χ3n) is 2.98. The minimum absolute atomic E-state index is 0.0656. The minimum atomic E-state index is 0.0656. The van der Waals surface area contributed by atoms with Crippen LogP contribution in [0.2, 0.25) is 0 Å². The van der Waals surface area contributed by atoms with Crippen molar-refractivity contribution in [1.29, 1.82) is 0 Å². The van der Waals surface area contributed by atoms with Crippen LogP contribution < -0.4 is 15.8 Å². The van der Waals surface area contributed by atoms with Gasteiger partial charge in [0.1, 0.15) is 5.75 Å². The molecular formula is C13H18N2O2. The third kappa shape index (κ3) is 2.97. The lowest BCUT2D eigenvalue weighted by Gasteiger charge is -2.31. The van der Waals surface area contributed by atoms with Crippen molar-refractivity contribution in [2.75, 3.05) is 11.9 Å². The number of anilines is 1. The zero-order valence-electron chi connectivity index (χ0n) is 9.98. The number of rotatable bonds is 4. The zero-order chi connectivity index (χ0) is 12.3. The van der Waals surface area contributed by atoms with E-state index in [1.165, 1.54) is 0 Å². The van der Waals surface area contributed by atoms with Gasteiger partial charge in [0.25, 0.3) is 0 Å². The molecule has 1 amide bonds. The van der Waals surface area contributed by atoms with Crippen molar-refractivity contribution in [3.63, 3.8) is 0 Å². The van der Waals surface area contributed by atoms with E-state index in [4.69, 9.17) is 10.5 Å². The summed E-state index contributed by atoms with van der Waals surface area (Å²) in [6.45, 7) is 2.58. The van der Waals surface area contributed by atoms with Gasteiger partial charge in [-0.1, -0.05) is 0 Å². The molecule has 4 nitrogen and oxygen atoms in total. The quantitative estimate of drug-likeness (QED) is 0.834. The molecule has 1 aromatic rings. The molecule has 1 aliphatic carbocycles. The highest BCUT2D eigenvalue weighted by atomic mass is 16.5. The van der Waals surface area contributed by atoms with Crippen molar-refractivity contribution < 1.29 is 9.53 Å². The van der Waals surface area contributed by atoms with Crippen LogP contribution >= 0.6 is 0 Å². The summed E-state index contributed by atoms with van der Waals surface area (Å²) in [5.41, 5.74) is 6.46. The Labute approximate surface area is 101 Å². The third-order valence-corrected chi connectivity index (χ3v) is 2.98. The summed E-state index contributed by atoms with van der Waals surface area (Å²) in [7, 11) is 0. The number of hydrogen-bond donors (Lipinski definition) is 2. The minimum Gasteiger partial charge on any atom is -0.494 e. The predicted octanol–water partition coefficient (Wildman–Crippen LogP) is 1.76. The molecule has 0 heterocycles. The highest BCUT2D eigenvalue weighted by Crippen LogP contribution is 2.27. The number of carbonyl (C=O) groups is 1. The summed E-state index contributed by atoms with van der Waals surface area (Å²) in [4.78, 5) is 11.8. The zero-order valence-corrected chi connectivity index (χ0v) is 9.98. The normalized spacial score (nSPS) is 22.7. The Kier molecular flexibility index (Phi) is 3.64. The summed E-state index contributed by atoms with van der Waals surface area (Å²) in [6, 6.07) is 7.60. The molecule has 0 radical (unpaired) electrons. The number of hydrogen-bond acceptors (Lipinski definition) is 3. The van der Waals surface area contributed by atoms with Gasteiger partial charge in [0.15, 0.2) is 0 Å². The van der Waals surface area contributed by atoms with Gasteiger partial charge in [-0.2, -0.15) is 0 Å². The molecule has 1 aromatic carbocycles. The molecule has 0 spiro atoms. The molecule has 2 rings (SSSR count). The van der Waals surface area contributed by atoms with E-state index in [0.717, 1.165) is 24.3 Å². The molecular weight excluding hydrogens is 216 g/mol. The molecule has 1 aliphatic rings. The van der Waals surface area contributed by atoms with Gasteiger partial charge in [0.05, 0.1) is 6.61 Å². The monoisotopic (exact) mass is 234 g/mol. The molecule has 4 heteroatoms. The van der Waals surface area contributed by atoms with Gasteiger partial charge in [-0.3, -0.25) is 4.79 Å². The standard InChI is InChI=1S/C13H18N2O2/c1-2-17-12-5-3-11(4-6-12)15-13(16)9-7-10(14)8-9/h3-6,9-10H,2,7-8,14H2,1H3,(H,15,16). The first-order valence-corrected chi connectivity index (χ1v) is 5.98. The van der Waals surface area contributed by atoms with E-state index < -0.39 is 0 Å². The van der Waals surface area contributed by atoms with Gasteiger partial charge in [0.2, 0.25) is 5.91 Å². The van der Waals surface area contributed by atoms with E-state index in [2.05, 4.69) is 5.32 Å². The smallest absolute Gasteiger partial charge is 0.227 e. The average molecular weight is 234 g/mol. The second-order valence-corrected chi connectivity index (χ2v) is 4.38. The molecule has 1 saturated carbocycles. The molecule has 17 heavy (non-hydrogen) atoms.